The summed E-state index contributed by atoms with van der Waals surface area (Å²) in [5, 5.41) is 11.8. The molecule has 5 rings (SSSR count). The van der Waals surface area contributed by atoms with Crippen LogP contribution in [0.1, 0.15) is 36.9 Å². The van der Waals surface area contributed by atoms with Crippen molar-refractivity contribution in [1.82, 2.24) is 20.5 Å². The van der Waals surface area contributed by atoms with Gasteiger partial charge in [0.05, 0.1) is 11.6 Å². The van der Waals surface area contributed by atoms with Gasteiger partial charge in [-0.15, -0.1) is 0 Å². The van der Waals surface area contributed by atoms with Crippen molar-refractivity contribution in [3.63, 3.8) is 0 Å². The highest BCUT2D eigenvalue weighted by Crippen LogP contribution is 2.41. The van der Waals surface area contributed by atoms with Crippen molar-refractivity contribution >= 4 is 32.7 Å². The molecular weight excluding hydrogens is 470 g/mol. The van der Waals surface area contributed by atoms with Gasteiger partial charge in [-0.2, -0.15) is 5.10 Å². The number of hydrogen-bond acceptors (Lipinski definition) is 6. The molecule has 166 valence electrons. The SMILES string of the molecule is CC(Cc1ccccc1Br)Oc1c(N)ncc2c(-c3cn[nH]c3C3CCNCC3)coc12. The standard InChI is InChI=1S/C24H26BrN5O2/c1-14(10-16-4-2-3-5-20(16)25)32-23-22-18(11-28-24(23)26)19(13-31-22)17-12-29-30-21(17)15-6-8-27-9-7-15/h2-5,11-15,27H,6-10H2,1H3,(H2,26,28)(H,29,30). The number of nitrogens with two attached hydrogens (primary N) is 1. The Bertz CT molecular complexity index is 1230. The number of piperidine rings is 1. The van der Waals surface area contributed by atoms with E-state index in [1.807, 2.05) is 31.3 Å². The first-order chi connectivity index (χ1) is 15.6. The molecule has 4 N–H and O–H groups in total. The Morgan fingerprint density at radius 3 is 2.84 bits per heavy atom. The number of benzene rings is 1. The predicted molar refractivity (Wildman–Crippen MR) is 129 cm³/mol. The Morgan fingerprint density at radius 1 is 1.22 bits per heavy atom. The lowest BCUT2D eigenvalue weighted by Crippen LogP contribution is -2.27. The minimum Gasteiger partial charge on any atom is -0.483 e. The lowest BCUT2D eigenvalue weighted by atomic mass is 9.90. The molecule has 0 radical (unpaired) electrons. The predicted octanol–water partition coefficient (Wildman–Crippen LogP) is 5.04. The molecular formula is C24H26BrN5O2. The molecule has 4 heterocycles. The van der Waals surface area contributed by atoms with Gasteiger partial charge in [-0.05, 0) is 44.5 Å². The molecule has 32 heavy (non-hydrogen) atoms. The molecule has 0 spiro atoms. The molecule has 0 saturated carbocycles. The maximum atomic E-state index is 6.26. The highest BCUT2D eigenvalue weighted by Gasteiger charge is 2.24. The quantitative estimate of drug-likeness (QED) is 0.346. The van der Waals surface area contributed by atoms with Gasteiger partial charge >= 0.3 is 0 Å². The summed E-state index contributed by atoms with van der Waals surface area (Å²) in [5.74, 6) is 1.25. The fourth-order valence-electron chi connectivity index (χ4n) is 4.45. The van der Waals surface area contributed by atoms with E-state index in [0.29, 0.717) is 23.1 Å². The van der Waals surface area contributed by atoms with E-state index in [9.17, 15) is 0 Å². The van der Waals surface area contributed by atoms with Crippen LogP contribution in [0, 0.1) is 0 Å². The second kappa shape index (κ2) is 8.96. The van der Waals surface area contributed by atoms with Crippen LogP contribution >= 0.6 is 15.9 Å². The van der Waals surface area contributed by atoms with Crippen molar-refractivity contribution in [2.45, 2.75) is 38.2 Å². The van der Waals surface area contributed by atoms with Gasteiger partial charge in [0, 0.05) is 39.8 Å². The molecule has 0 bridgehead atoms. The number of furan rings is 1. The monoisotopic (exact) mass is 495 g/mol. The van der Waals surface area contributed by atoms with Crippen molar-refractivity contribution in [3.8, 4) is 16.9 Å². The van der Waals surface area contributed by atoms with Crippen molar-refractivity contribution in [2.75, 3.05) is 18.8 Å². The average Bonchev–Trinajstić information content (AvgIpc) is 3.45. The molecule has 1 aromatic carbocycles. The topological polar surface area (TPSA) is 102 Å². The number of nitrogens with one attached hydrogen (secondary N) is 2. The van der Waals surface area contributed by atoms with Crippen molar-refractivity contribution in [3.05, 3.63) is 58.7 Å². The van der Waals surface area contributed by atoms with Gasteiger partial charge in [0.25, 0.3) is 0 Å². The van der Waals surface area contributed by atoms with Gasteiger partial charge in [0.2, 0.25) is 5.75 Å². The number of nitrogen functional groups attached to an aromatic ring is 1. The normalized spacial score (nSPS) is 15.8. The molecule has 1 aliphatic rings. The molecule has 4 aromatic rings. The number of fused-ring (bicyclic) bond motifs is 1. The summed E-state index contributed by atoms with van der Waals surface area (Å²) < 4.78 is 13.3. The van der Waals surface area contributed by atoms with E-state index in [4.69, 9.17) is 14.9 Å². The zero-order chi connectivity index (χ0) is 22.1. The van der Waals surface area contributed by atoms with E-state index in [0.717, 1.165) is 59.0 Å². The Labute approximate surface area is 194 Å². The first-order valence-electron chi connectivity index (χ1n) is 10.9. The van der Waals surface area contributed by atoms with Crippen molar-refractivity contribution in [2.24, 2.45) is 0 Å². The number of aromatic amines is 1. The number of H-pyrrole nitrogens is 1. The van der Waals surface area contributed by atoms with Crippen LogP contribution in [0.4, 0.5) is 5.82 Å². The van der Waals surface area contributed by atoms with E-state index in [2.05, 4.69) is 42.5 Å². The van der Waals surface area contributed by atoms with Crippen LogP contribution < -0.4 is 15.8 Å². The Hall–Kier alpha value is -2.84. The zero-order valence-electron chi connectivity index (χ0n) is 17.9. The second-order valence-corrected chi connectivity index (χ2v) is 9.16. The third kappa shape index (κ3) is 4.00. The molecule has 1 fully saturated rings. The Kier molecular flexibility index (Phi) is 5.89. The number of nitrogens with zero attached hydrogens (tertiary/aromatic N) is 2. The van der Waals surface area contributed by atoms with Gasteiger partial charge in [-0.3, -0.25) is 5.10 Å². The van der Waals surface area contributed by atoms with E-state index in [1.165, 1.54) is 5.56 Å². The molecule has 0 aliphatic carbocycles. The minimum absolute atomic E-state index is 0.115. The van der Waals surface area contributed by atoms with Gasteiger partial charge in [-0.25, -0.2) is 4.98 Å². The summed E-state index contributed by atoms with van der Waals surface area (Å²) in [6.45, 7) is 4.05. The van der Waals surface area contributed by atoms with Crippen LogP contribution in [0.3, 0.4) is 0 Å². The molecule has 1 atom stereocenters. The fourth-order valence-corrected chi connectivity index (χ4v) is 4.90. The highest BCUT2D eigenvalue weighted by atomic mass is 79.9. The number of halogens is 1. The Balaban J connectivity index is 1.46. The van der Waals surface area contributed by atoms with Gasteiger partial charge < -0.3 is 20.2 Å². The van der Waals surface area contributed by atoms with Gasteiger partial charge in [0.15, 0.2) is 11.4 Å². The maximum Gasteiger partial charge on any atom is 0.205 e. The molecule has 8 heteroatoms. The largest absolute Gasteiger partial charge is 0.483 e. The first kappa shape index (κ1) is 21.0. The van der Waals surface area contributed by atoms with Crippen molar-refractivity contribution < 1.29 is 9.15 Å². The number of hydrogen-bond donors (Lipinski definition) is 3. The first-order valence-corrected chi connectivity index (χ1v) is 11.7. The lowest BCUT2D eigenvalue weighted by molar-refractivity contribution is 0.222. The Morgan fingerprint density at radius 2 is 2.03 bits per heavy atom. The summed E-state index contributed by atoms with van der Waals surface area (Å²) >= 11 is 3.61. The van der Waals surface area contributed by atoms with E-state index >= 15 is 0 Å². The molecule has 0 amide bonds. The van der Waals surface area contributed by atoms with Crippen LogP contribution in [-0.2, 0) is 6.42 Å². The molecule has 3 aromatic heterocycles. The zero-order valence-corrected chi connectivity index (χ0v) is 19.5. The van der Waals surface area contributed by atoms with Crippen molar-refractivity contribution in [1.29, 1.82) is 0 Å². The second-order valence-electron chi connectivity index (χ2n) is 8.31. The minimum atomic E-state index is -0.115. The number of ether oxygens (including phenoxy) is 1. The van der Waals surface area contributed by atoms with Crippen LogP contribution in [0.2, 0.25) is 0 Å². The van der Waals surface area contributed by atoms with Gasteiger partial charge in [0.1, 0.15) is 12.4 Å². The molecule has 1 unspecified atom stereocenters. The summed E-state index contributed by atoms with van der Waals surface area (Å²) in [6, 6.07) is 8.13. The number of pyridine rings is 1. The van der Waals surface area contributed by atoms with Crippen LogP contribution in [0.5, 0.6) is 5.75 Å². The van der Waals surface area contributed by atoms with E-state index in [-0.39, 0.29) is 6.10 Å². The number of anilines is 1. The lowest BCUT2D eigenvalue weighted by Gasteiger charge is -2.22. The summed E-state index contributed by atoms with van der Waals surface area (Å²) in [6.07, 6.45) is 8.16. The van der Waals surface area contributed by atoms with E-state index in [1.54, 1.807) is 12.5 Å². The molecule has 7 nitrogen and oxygen atoms in total. The van der Waals surface area contributed by atoms with Crippen LogP contribution in [0.25, 0.3) is 22.1 Å². The maximum absolute atomic E-state index is 6.26. The number of rotatable bonds is 6. The summed E-state index contributed by atoms with van der Waals surface area (Å²) in [7, 11) is 0. The smallest absolute Gasteiger partial charge is 0.205 e. The third-order valence-corrected chi connectivity index (χ3v) is 6.87. The summed E-state index contributed by atoms with van der Waals surface area (Å²) in [5.41, 5.74) is 11.1. The average molecular weight is 496 g/mol. The molecule has 1 aliphatic heterocycles. The van der Waals surface area contributed by atoms with E-state index < -0.39 is 0 Å². The summed E-state index contributed by atoms with van der Waals surface area (Å²) in [4.78, 5) is 4.41. The third-order valence-electron chi connectivity index (χ3n) is 6.09. The fraction of sp³-hybridized carbons (Fsp3) is 0.333. The molecule has 1 saturated heterocycles. The van der Waals surface area contributed by atoms with Crippen LogP contribution in [-0.4, -0.2) is 34.4 Å². The van der Waals surface area contributed by atoms with Gasteiger partial charge in [-0.1, -0.05) is 34.1 Å². The number of aromatic nitrogens is 3. The highest BCUT2D eigenvalue weighted by molar-refractivity contribution is 9.10. The van der Waals surface area contributed by atoms with Crippen LogP contribution in [0.15, 0.2) is 51.8 Å².